The monoisotopic (exact) mass is 418 g/mol. The summed E-state index contributed by atoms with van der Waals surface area (Å²) >= 11 is 0. The predicted octanol–water partition coefficient (Wildman–Crippen LogP) is 2.82. The molecule has 7 nitrogen and oxygen atoms in total. The molecule has 0 spiro atoms. The Kier molecular flexibility index (Phi) is 6.64. The topological polar surface area (TPSA) is 84.9 Å². The molecule has 1 heterocycles. The first-order valence-corrected chi connectivity index (χ1v) is 11.2. The molecule has 1 aliphatic heterocycles. The summed E-state index contributed by atoms with van der Waals surface area (Å²) in [4.78, 5) is 12.6. The van der Waals surface area contributed by atoms with Crippen LogP contribution >= 0.6 is 0 Å². The summed E-state index contributed by atoms with van der Waals surface area (Å²) in [6.07, 6.45) is 1.48. The van der Waals surface area contributed by atoms with Crippen molar-refractivity contribution in [2.24, 2.45) is 0 Å². The molecule has 0 bridgehead atoms. The van der Waals surface area contributed by atoms with E-state index < -0.39 is 10.0 Å². The third-order valence-corrected chi connectivity index (χ3v) is 6.55. The minimum atomic E-state index is -3.32. The van der Waals surface area contributed by atoms with Crippen LogP contribution in [0.5, 0.6) is 11.5 Å². The maximum atomic E-state index is 12.6. The molecule has 1 aliphatic rings. The van der Waals surface area contributed by atoms with E-state index in [0.29, 0.717) is 35.7 Å². The van der Waals surface area contributed by atoms with Gasteiger partial charge in [-0.05, 0) is 50.1 Å². The second kappa shape index (κ2) is 9.17. The normalized spacial score (nSPS) is 16.7. The van der Waals surface area contributed by atoms with E-state index in [4.69, 9.17) is 9.47 Å². The Labute approximate surface area is 171 Å². The lowest BCUT2D eigenvalue weighted by Crippen LogP contribution is -2.38. The van der Waals surface area contributed by atoms with Gasteiger partial charge in [-0.15, -0.1) is 0 Å². The molecule has 0 unspecified atom stereocenters. The van der Waals surface area contributed by atoms with Crippen molar-refractivity contribution in [1.29, 1.82) is 0 Å². The SMILES string of the molecule is COc1ccccc1OC[C@@H](C)NC(=O)c1cccc(N2CCCCS2(=O)=O)c1. The van der Waals surface area contributed by atoms with Gasteiger partial charge >= 0.3 is 0 Å². The van der Waals surface area contributed by atoms with Gasteiger partial charge in [0, 0.05) is 12.1 Å². The Morgan fingerprint density at radius 1 is 1.14 bits per heavy atom. The highest BCUT2D eigenvalue weighted by Gasteiger charge is 2.26. The van der Waals surface area contributed by atoms with Crippen LogP contribution in [0, 0.1) is 0 Å². The fourth-order valence-corrected chi connectivity index (χ4v) is 4.81. The molecule has 0 aliphatic carbocycles. The van der Waals surface area contributed by atoms with Crippen molar-refractivity contribution in [3.8, 4) is 11.5 Å². The Balaban J connectivity index is 1.63. The van der Waals surface area contributed by atoms with Gasteiger partial charge in [-0.3, -0.25) is 9.10 Å². The smallest absolute Gasteiger partial charge is 0.251 e. The average Bonchev–Trinajstić information content (AvgIpc) is 2.72. The lowest BCUT2D eigenvalue weighted by Gasteiger charge is -2.28. The first kappa shape index (κ1) is 21.0. The highest BCUT2D eigenvalue weighted by Crippen LogP contribution is 2.26. The van der Waals surface area contributed by atoms with E-state index in [9.17, 15) is 13.2 Å². The fraction of sp³-hybridized carbons (Fsp3) is 0.381. The van der Waals surface area contributed by atoms with Crippen LogP contribution in [-0.2, 0) is 10.0 Å². The summed E-state index contributed by atoms with van der Waals surface area (Å²) in [5.41, 5.74) is 0.933. The number of hydrogen-bond acceptors (Lipinski definition) is 5. The third-order valence-electron chi connectivity index (χ3n) is 4.68. The molecule has 8 heteroatoms. The number of benzene rings is 2. The van der Waals surface area contributed by atoms with Gasteiger partial charge in [-0.2, -0.15) is 0 Å². The van der Waals surface area contributed by atoms with Crippen molar-refractivity contribution in [3.63, 3.8) is 0 Å². The number of rotatable bonds is 7. The van der Waals surface area contributed by atoms with E-state index in [1.807, 2.05) is 19.1 Å². The molecule has 1 N–H and O–H groups in total. The van der Waals surface area contributed by atoms with Gasteiger partial charge in [-0.1, -0.05) is 18.2 Å². The van der Waals surface area contributed by atoms with Gasteiger partial charge in [0.25, 0.3) is 5.91 Å². The third kappa shape index (κ3) is 5.20. The summed E-state index contributed by atoms with van der Waals surface area (Å²) in [7, 11) is -1.75. The number of carbonyl (C=O) groups is 1. The molecule has 2 aromatic carbocycles. The van der Waals surface area contributed by atoms with Crippen LogP contribution in [0.4, 0.5) is 5.69 Å². The van der Waals surface area contributed by atoms with Crippen molar-refractivity contribution in [2.45, 2.75) is 25.8 Å². The molecular weight excluding hydrogens is 392 g/mol. The lowest BCUT2D eigenvalue weighted by atomic mass is 10.1. The molecule has 0 aromatic heterocycles. The Morgan fingerprint density at radius 2 is 1.90 bits per heavy atom. The van der Waals surface area contributed by atoms with Crippen LogP contribution in [-0.4, -0.2) is 46.4 Å². The molecule has 156 valence electrons. The summed E-state index contributed by atoms with van der Waals surface area (Å²) in [6, 6.07) is 13.8. The van der Waals surface area contributed by atoms with Gasteiger partial charge in [0.2, 0.25) is 10.0 Å². The fourth-order valence-electron chi connectivity index (χ4n) is 3.18. The number of anilines is 1. The van der Waals surface area contributed by atoms with E-state index in [0.717, 1.165) is 6.42 Å². The number of ether oxygens (including phenoxy) is 2. The number of methoxy groups -OCH3 is 1. The van der Waals surface area contributed by atoms with Crippen molar-refractivity contribution in [1.82, 2.24) is 5.32 Å². The summed E-state index contributed by atoms with van der Waals surface area (Å²) in [5, 5.41) is 2.88. The minimum Gasteiger partial charge on any atom is -0.493 e. The van der Waals surface area contributed by atoms with Crippen LogP contribution < -0.4 is 19.1 Å². The van der Waals surface area contributed by atoms with E-state index in [2.05, 4.69) is 5.32 Å². The summed E-state index contributed by atoms with van der Waals surface area (Å²) in [6.45, 7) is 2.55. The van der Waals surface area contributed by atoms with E-state index in [1.165, 1.54) is 4.31 Å². The summed E-state index contributed by atoms with van der Waals surface area (Å²) in [5.74, 6) is 1.09. The van der Waals surface area contributed by atoms with Gasteiger partial charge in [-0.25, -0.2) is 8.42 Å². The van der Waals surface area contributed by atoms with E-state index >= 15 is 0 Å². The highest BCUT2D eigenvalue weighted by molar-refractivity contribution is 7.92. The Hall–Kier alpha value is -2.74. The molecule has 3 rings (SSSR count). The van der Waals surface area contributed by atoms with Crippen molar-refractivity contribution in [2.75, 3.05) is 30.3 Å². The number of amides is 1. The molecular formula is C21H26N2O5S. The van der Waals surface area contributed by atoms with E-state index in [-0.39, 0.29) is 24.3 Å². The molecule has 1 fully saturated rings. The van der Waals surface area contributed by atoms with Crippen molar-refractivity contribution in [3.05, 3.63) is 54.1 Å². The second-order valence-electron chi connectivity index (χ2n) is 6.98. The van der Waals surface area contributed by atoms with Crippen molar-refractivity contribution >= 4 is 21.6 Å². The van der Waals surface area contributed by atoms with Gasteiger partial charge < -0.3 is 14.8 Å². The lowest BCUT2D eigenvalue weighted by molar-refractivity contribution is 0.0926. The molecule has 29 heavy (non-hydrogen) atoms. The number of hydrogen-bond donors (Lipinski definition) is 1. The van der Waals surface area contributed by atoms with Crippen LogP contribution in [0.15, 0.2) is 48.5 Å². The zero-order valence-electron chi connectivity index (χ0n) is 16.6. The first-order chi connectivity index (χ1) is 13.9. The highest BCUT2D eigenvalue weighted by atomic mass is 32.2. The molecule has 1 saturated heterocycles. The minimum absolute atomic E-state index is 0.140. The quantitative estimate of drug-likeness (QED) is 0.747. The van der Waals surface area contributed by atoms with Crippen molar-refractivity contribution < 1.29 is 22.7 Å². The number of nitrogens with zero attached hydrogens (tertiary/aromatic N) is 1. The van der Waals surface area contributed by atoms with Crippen LogP contribution in [0.3, 0.4) is 0 Å². The molecule has 2 aromatic rings. The predicted molar refractivity (Wildman–Crippen MR) is 112 cm³/mol. The number of carbonyl (C=O) groups excluding carboxylic acids is 1. The molecule has 0 radical (unpaired) electrons. The standard InChI is InChI=1S/C21H26N2O5S/c1-16(15-28-20-11-4-3-10-19(20)27-2)22-21(24)17-8-7-9-18(14-17)23-12-5-6-13-29(23,25)26/h3-4,7-11,14,16H,5-6,12-13,15H2,1-2H3,(H,22,24)/t16-/m1/s1. The average molecular weight is 419 g/mol. The maximum Gasteiger partial charge on any atom is 0.251 e. The van der Waals surface area contributed by atoms with Crippen LogP contribution in [0.1, 0.15) is 30.1 Å². The molecule has 0 saturated carbocycles. The maximum absolute atomic E-state index is 12.6. The number of para-hydroxylation sites is 2. The second-order valence-corrected chi connectivity index (χ2v) is 8.99. The van der Waals surface area contributed by atoms with Crippen LogP contribution in [0.25, 0.3) is 0 Å². The summed E-state index contributed by atoms with van der Waals surface area (Å²) < 4.78 is 37.0. The largest absolute Gasteiger partial charge is 0.493 e. The first-order valence-electron chi connectivity index (χ1n) is 9.58. The molecule has 1 atom stereocenters. The molecule has 1 amide bonds. The van der Waals surface area contributed by atoms with E-state index in [1.54, 1.807) is 43.5 Å². The van der Waals surface area contributed by atoms with Gasteiger partial charge in [0.05, 0.1) is 24.6 Å². The zero-order chi connectivity index (χ0) is 20.9. The van der Waals surface area contributed by atoms with Crippen LogP contribution in [0.2, 0.25) is 0 Å². The zero-order valence-corrected chi connectivity index (χ0v) is 17.4. The van der Waals surface area contributed by atoms with Gasteiger partial charge in [0.1, 0.15) is 6.61 Å². The van der Waals surface area contributed by atoms with Gasteiger partial charge in [0.15, 0.2) is 11.5 Å². The number of nitrogens with one attached hydrogen (secondary N) is 1. The Morgan fingerprint density at radius 3 is 2.62 bits per heavy atom. The number of sulfonamides is 1. The Bertz CT molecular complexity index is 961.